The Morgan fingerprint density at radius 3 is 0.785 bits per heavy atom. The molecule has 6 nitrogen and oxygen atoms in total. The van der Waals surface area contributed by atoms with Crippen molar-refractivity contribution in [2.24, 2.45) is 16.2 Å². The van der Waals surface area contributed by atoms with Crippen LogP contribution in [0.4, 0.5) is 0 Å². The molecule has 0 bridgehead atoms. The molecule has 0 radical (unpaired) electrons. The van der Waals surface area contributed by atoms with E-state index in [-0.39, 0.29) is 28.8 Å². The fraction of sp³-hybridized carbons (Fsp3) is 0.965. The highest BCUT2D eigenvalue weighted by Crippen LogP contribution is 2.39. The molecule has 1 spiro atoms. The molecule has 384 valence electrons. The van der Waals surface area contributed by atoms with Crippen LogP contribution in [0.25, 0.3) is 0 Å². The quantitative estimate of drug-likeness (QED) is 0.0442. The Labute approximate surface area is 415 Å². The summed E-state index contributed by atoms with van der Waals surface area (Å²) in [7, 11) is 0. The molecule has 2 heterocycles. The SMILES string of the molecule is CCCCCCCCCCCCCCCCCCCCC(=S)OCC(C)(C)C1OCC2(CO1)COC(C(C)(C)COC(=S)CCCCCCCCCCCCCCCCCCCC)OC2. The average molecular weight is 954 g/mol. The normalized spacial score (nSPS) is 19.2. The van der Waals surface area contributed by atoms with Gasteiger partial charge in [-0.05, 0) is 37.3 Å². The molecule has 65 heavy (non-hydrogen) atoms. The van der Waals surface area contributed by atoms with Gasteiger partial charge in [0, 0.05) is 23.7 Å². The monoisotopic (exact) mass is 953 g/mol. The molecule has 0 amide bonds. The van der Waals surface area contributed by atoms with Crippen LogP contribution >= 0.6 is 24.4 Å². The number of unbranched alkanes of at least 4 members (excludes halogenated alkanes) is 34. The van der Waals surface area contributed by atoms with Gasteiger partial charge >= 0.3 is 0 Å². The van der Waals surface area contributed by atoms with Gasteiger partial charge in [-0.3, -0.25) is 0 Å². The molecule has 2 fully saturated rings. The second-order valence-corrected chi connectivity index (χ2v) is 23.1. The van der Waals surface area contributed by atoms with Crippen LogP contribution in [0.2, 0.25) is 0 Å². The first kappa shape index (κ1) is 60.7. The fourth-order valence-electron chi connectivity index (χ4n) is 9.41. The minimum absolute atomic E-state index is 0.315. The fourth-order valence-corrected chi connectivity index (χ4v) is 9.82. The number of rotatable bonds is 44. The van der Waals surface area contributed by atoms with Gasteiger partial charge in [-0.1, -0.05) is 260 Å². The van der Waals surface area contributed by atoms with Crippen LogP contribution in [0.1, 0.15) is 286 Å². The molecule has 2 rings (SSSR count). The zero-order valence-corrected chi connectivity index (χ0v) is 45.7. The largest absolute Gasteiger partial charge is 0.486 e. The van der Waals surface area contributed by atoms with E-state index < -0.39 is 0 Å². The topological polar surface area (TPSA) is 55.4 Å². The third-order valence-electron chi connectivity index (χ3n) is 14.1. The number of hydrogen-bond acceptors (Lipinski definition) is 8. The molecule has 2 aliphatic rings. The van der Waals surface area contributed by atoms with Gasteiger partial charge in [0.05, 0.1) is 45.1 Å². The van der Waals surface area contributed by atoms with Crippen LogP contribution in [0.3, 0.4) is 0 Å². The van der Waals surface area contributed by atoms with Crippen molar-refractivity contribution in [3.05, 3.63) is 0 Å². The number of hydrogen-bond donors (Lipinski definition) is 0. The molecule has 0 aromatic heterocycles. The van der Waals surface area contributed by atoms with Crippen molar-refractivity contribution in [1.82, 2.24) is 0 Å². The van der Waals surface area contributed by atoms with E-state index in [2.05, 4.69) is 41.5 Å². The molecule has 2 saturated heterocycles. The molecule has 0 unspecified atom stereocenters. The second-order valence-electron chi connectivity index (χ2n) is 22.2. The van der Waals surface area contributed by atoms with E-state index in [1.54, 1.807) is 0 Å². The Morgan fingerprint density at radius 2 is 0.569 bits per heavy atom. The van der Waals surface area contributed by atoms with Crippen molar-refractivity contribution in [3.8, 4) is 0 Å². The third kappa shape index (κ3) is 31.5. The first-order chi connectivity index (χ1) is 31.5. The molecular formula is C57H108O6S2. The van der Waals surface area contributed by atoms with Gasteiger partial charge in [0.2, 0.25) is 0 Å². The predicted octanol–water partition coefficient (Wildman–Crippen LogP) is 18.3. The van der Waals surface area contributed by atoms with Crippen molar-refractivity contribution in [3.63, 3.8) is 0 Å². The maximum atomic E-state index is 6.33. The highest BCUT2D eigenvalue weighted by atomic mass is 32.1. The standard InChI is InChI=1S/C57H108O6S2/c1-7-9-11-13-15-17-19-21-23-25-27-29-31-33-35-37-39-41-43-51(64)58-45-55(3,4)53-60-47-57(48-61-53)49-62-54(63-50-57)56(5,6)46-59-52(65)44-42-40-38-36-34-32-30-28-26-24-22-20-18-16-14-12-10-8-2/h53-54H,7-50H2,1-6H3. The van der Waals surface area contributed by atoms with Gasteiger partial charge in [-0.25, -0.2) is 0 Å². The smallest absolute Gasteiger partial charge is 0.165 e. The molecule has 0 saturated carbocycles. The first-order valence-electron chi connectivity index (χ1n) is 28.3. The minimum atomic E-state index is -0.367. The summed E-state index contributed by atoms with van der Waals surface area (Å²) in [4.78, 5) is 0. The Bertz CT molecular complexity index is 1020. The van der Waals surface area contributed by atoms with Crippen molar-refractivity contribution >= 4 is 34.5 Å². The zero-order valence-electron chi connectivity index (χ0n) is 44.0. The number of thiocarbonyl (C=S) groups is 2. The van der Waals surface area contributed by atoms with Crippen LogP contribution in [0.15, 0.2) is 0 Å². The van der Waals surface area contributed by atoms with E-state index in [4.69, 9.17) is 52.9 Å². The lowest BCUT2D eigenvalue weighted by molar-refractivity contribution is -0.336. The Kier molecular flexibility index (Phi) is 36.8. The molecule has 8 heteroatoms. The van der Waals surface area contributed by atoms with Gasteiger partial charge < -0.3 is 28.4 Å². The third-order valence-corrected chi connectivity index (χ3v) is 14.8. The Hall–Kier alpha value is -0.380. The molecule has 0 aromatic rings. The van der Waals surface area contributed by atoms with Crippen LogP contribution < -0.4 is 0 Å². The van der Waals surface area contributed by atoms with Gasteiger partial charge in [-0.2, -0.15) is 0 Å². The minimum Gasteiger partial charge on any atom is -0.486 e. The molecule has 2 aliphatic heterocycles. The maximum absolute atomic E-state index is 6.33. The average Bonchev–Trinajstić information content (AvgIpc) is 3.29. The molecular weight excluding hydrogens is 845 g/mol. The summed E-state index contributed by atoms with van der Waals surface area (Å²) in [6.45, 7) is 16.2. The van der Waals surface area contributed by atoms with Crippen LogP contribution in [-0.2, 0) is 28.4 Å². The van der Waals surface area contributed by atoms with Crippen LogP contribution in [0, 0.1) is 16.2 Å². The van der Waals surface area contributed by atoms with Crippen molar-refractivity contribution in [1.29, 1.82) is 0 Å². The summed E-state index contributed by atoms with van der Waals surface area (Å²) in [5, 5.41) is 1.42. The summed E-state index contributed by atoms with van der Waals surface area (Å²) in [6, 6.07) is 0. The molecule has 0 N–H and O–H groups in total. The predicted molar refractivity (Wildman–Crippen MR) is 285 cm³/mol. The Morgan fingerprint density at radius 1 is 0.369 bits per heavy atom. The van der Waals surface area contributed by atoms with Gasteiger partial charge in [-0.15, -0.1) is 0 Å². The van der Waals surface area contributed by atoms with Crippen molar-refractivity contribution in [2.75, 3.05) is 39.6 Å². The van der Waals surface area contributed by atoms with E-state index >= 15 is 0 Å². The summed E-state index contributed by atoms with van der Waals surface area (Å²) in [6.07, 6.45) is 50.7. The van der Waals surface area contributed by atoms with Crippen molar-refractivity contribution in [2.45, 2.75) is 298 Å². The van der Waals surface area contributed by atoms with Gasteiger partial charge in [0.1, 0.15) is 0 Å². The molecule has 0 aromatic carbocycles. The maximum Gasteiger partial charge on any atom is 0.165 e. The summed E-state index contributed by atoms with van der Waals surface area (Å²) >= 11 is 11.2. The highest BCUT2D eigenvalue weighted by Gasteiger charge is 2.48. The van der Waals surface area contributed by atoms with Crippen LogP contribution in [0.5, 0.6) is 0 Å². The van der Waals surface area contributed by atoms with E-state index in [0.29, 0.717) is 49.7 Å². The summed E-state index contributed by atoms with van der Waals surface area (Å²) in [5.74, 6) is 0. The van der Waals surface area contributed by atoms with E-state index in [9.17, 15) is 0 Å². The first-order valence-corrected chi connectivity index (χ1v) is 29.1. The van der Waals surface area contributed by atoms with E-state index in [0.717, 1.165) is 25.7 Å². The van der Waals surface area contributed by atoms with Crippen LogP contribution in [-0.4, -0.2) is 62.3 Å². The highest BCUT2D eigenvalue weighted by molar-refractivity contribution is 7.80. The van der Waals surface area contributed by atoms with E-state index in [1.807, 2.05) is 0 Å². The van der Waals surface area contributed by atoms with E-state index in [1.165, 1.54) is 218 Å². The van der Waals surface area contributed by atoms with Gasteiger partial charge in [0.15, 0.2) is 22.7 Å². The lowest BCUT2D eigenvalue weighted by Crippen LogP contribution is -2.57. The Balaban J connectivity index is 1.42. The molecule has 0 atom stereocenters. The summed E-state index contributed by atoms with van der Waals surface area (Å²) < 4.78 is 37.5. The lowest BCUT2D eigenvalue weighted by atomic mass is 9.86. The zero-order chi connectivity index (χ0) is 47.2. The second kappa shape index (κ2) is 39.4. The van der Waals surface area contributed by atoms with Gasteiger partial charge in [0.25, 0.3) is 0 Å². The number of ether oxygens (including phenoxy) is 6. The lowest BCUT2D eigenvalue weighted by Gasteiger charge is -2.48. The van der Waals surface area contributed by atoms with Crippen molar-refractivity contribution < 1.29 is 28.4 Å². The summed E-state index contributed by atoms with van der Waals surface area (Å²) in [5.41, 5.74) is -0.977. The molecule has 0 aliphatic carbocycles.